The van der Waals surface area contributed by atoms with E-state index in [2.05, 4.69) is 36.9 Å². The Bertz CT molecular complexity index is 462. The quantitative estimate of drug-likeness (QED) is 0.791. The van der Waals surface area contributed by atoms with Crippen LogP contribution in [-0.2, 0) is 16.1 Å². The number of esters is 1. The van der Waals surface area contributed by atoms with E-state index in [4.69, 9.17) is 4.74 Å². The minimum Gasteiger partial charge on any atom is -0.466 e. The SMILES string of the molecule is CCOC(=O)C1CCN(Cc2ccc(C)c(C)c2)CC1. The van der Waals surface area contributed by atoms with E-state index in [-0.39, 0.29) is 11.9 Å². The van der Waals surface area contributed by atoms with E-state index < -0.39 is 0 Å². The lowest BCUT2D eigenvalue weighted by molar-refractivity contribution is -0.149. The zero-order chi connectivity index (χ0) is 14.5. The summed E-state index contributed by atoms with van der Waals surface area (Å²) < 4.78 is 5.11. The molecule has 0 aliphatic carbocycles. The Morgan fingerprint density at radius 1 is 1.25 bits per heavy atom. The summed E-state index contributed by atoms with van der Waals surface area (Å²) in [4.78, 5) is 14.1. The predicted molar refractivity (Wildman–Crippen MR) is 80.6 cm³/mol. The molecule has 1 aromatic rings. The highest BCUT2D eigenvalue weighted by Gasteiger charge is 2.25. The van der Waals surface area contributed by atoms with E-state index in [0.29, 0.717) is 6.61 Å². The second kappa shape index (κ2) is 6.89. The molecule has 3 nitrogen and oxygen atoms in total. The third kappa shape index (κ3) is 3.83. The van der Waals surface area contributed by atoms with Crippen LogP contribution in [0.5, 0.6) is 0 Å². The Labute approximate surface area is 121 Å². The fourth-order valence-corrected chi connectivity index (χ4v) is 2.75. The minimum absolute atomic E-state index is 0.0154. The van der Waals surface area contributed by atoms with E-state index in [1.54, 1.807) is 0 Å². The molecule has 1 heterocycles. The van der Waals surface area contributed by atoms with Gasteiger partial charge in [-0.3, -0.25) is 9.69 Å². The van der Waals surface area contributed by atoms with Crippen molar-refractivity contribution in [3.8, 4) is 0 Å². The van der Waals surface area contributed by atoms with Crippen molar-refractivity contribution in [3.05, 3.63) is 34.9 Å². The number of likely N-dealkylation sites (tertiary alicyclic amines) is 1. The van der Waals surface area contributed by atoms with Crippen LogP contribution in [-0.4, -0.2) is 30.6 Å². The lowest BCUT2D eigenvalue weighted by Crippen LogP contribution is -2.36. The zero-order valence-electron chi connectivity index (χ0n) is 12.8. The van der Waals surface area contributed by atoms with Crippen LogP contribution in [0.3, 0.4) is 0 Å². The molecule has 1 fully saturated rings. The van der Waals surface area contributed by atoms with Crippen LogP contribution in [0.15, 0.2) is 18.2 Å². The Balaban J connectivity index is 1.85. The van der Waals surface area contributed by atoms with Crippen LogP contribution in [0.25, 0.3) is 0 Å². The smallest absolute Gasteiger partial charge is 0.309 e. The van der Waals surface area contributed by atoms with Gasteiger partial charge in [-0.25, -0.2) is 0 Å². The number of carbonyl (C=O) groups is 1. The summed E-state index contributed by atoms with van der Waals surface area (Å²) >= 11 is 0. The Morgan fingerprint density at radius 3 is 2.55 bits per heavy atom. The number of rotatable bonds is 4. The van der Waals surface area contributed by atoms with Gasteiger partial charge >= 0.3 is 5.97 Å². The molecule has 2 rings (SSSR count). The highest BCUT2D eigenvalue weighted by molar-refractivity contribution is 5.72. The van der Waals surface area contributed by atoms with Gasteiger partial charge < -0.3 is 4.74 Å². The normalized spacial score (nSPS) is 17.1. The molecule has 0 bridgehead atoms. The lowest BCUT2D eigenvalue weighted by Gasteiger charge is -2.30. The third-order valence-corrected chi connectivity index (χ3v) is 4.19. The molecule has 20 heavy (non-hydrogen) atoms. The van der Waals surface area contributed by atoms with Crippen molar-refractivity contribution in [2.45, 2.75) is 40.2 Å². The second-order valence-corrected chi connectivity index (χ2v) is 5.72. The van der Waals surface area contributed by atoms with Crippen LogP contribution >= 0.6 is 0 Å². The minimum atomic E-state index is -0.0154. The van der Waals surface area contributed by atoms with Crippen molar-refractivity contribution in [2.75, 3.05) is 19.7 Å². The Morgan fingerprint density at radius 2 is 1.95 bits per heavy atom. The molecule has 1 aliphatic heterocycles. The molecule has 110 valence electrons. The second-order valence-electron chi connectivity index (χ2n) is 5.72. The molecule has 1 saturated heterocycles. The topological polar surface area (TPSA) is 29.5 Å². The molecule has 0 radical (unpaired) electrons. The van der Waals surface area contributed by atoms with Gasteiger partial charge in [0.05, 0.1) is 12.5 Å². The first kappa shape index (κ1) is 15.0. The Hall–Kier alpha value is -1.35. The van der Waals surface area contributed by atoms with Gasteiger partial charge in [0.1, 0.15) is 0 Å². The molecular formula is C17H25NO2. The van der Waals surface area contributed by atoms with Gasteiger partial charge in [0.25, 0.3) is 0 Å². The van der Waals surface area contributed by atoms with E-state index in [9.17, 15) is 4.79 Å². The van der Waals surface area contributed by atoms with E-state index >= 15 is 0 Å². The Kier molecular flexibility index (Phi) is 5.18. The fraction of sp³-hybridized carbons (Fsp3) is 0.588. The number of piperidine rings is 1. The number of carbonyl (C=O) groups excluding carboxylic acids is 1. The maximum atomic E-state index is 11.7. The first-order chi connectivity index (χ1) is 9.60. The summed E-state index contributed by atoms with van der Waals surface area (Å²) in [5.41, 5.74) is 4.06. The average molecular weight is 275 g/mol. The molecule has 3 heteroatoms. The van der Waals surface area contributed by atoms with Gasteiger partial charge in [-0.15, -0.1) is 0 Å². The van der Waals surface area contributed by atoms with Gasteiger partial charge in [-0.05, 0) is 63.4 Å². The van der Waals surface area contributed by atoms with Crippen molar-refractivity contribution in [3.63, 3.8) is 0 Å². The maximum Gasteiger partial charge on any atom is 0.309 e. The van der Waals surface area contributed by atoms with Gasteiger partial charge in [0.2, 0.25) is 0 Å². The molecule has 0 unspecified atom stereocenters. The van der Waals surface area contributed by atoms with Crippen molar-refractivity contribution in [1.29, 1.82) is 0 Å². The third-order valence-electron chi connectivity index (χ3n) is 4.19. The van der Waals surface area contributed by atoms with Crippen molar-refractivity contribution >= 4 is 5.97 Å². The number of hydrogen-bond donors (Lipinski definition) is 0. The number of ether oxygens (including phenoxy) is 1. The molecule has 0 amide bonds. The van der Waals surface area contributed by atoms with Crippen LogP contribution < -0.4 is 0 Å². The number of hydrogen-bond acceptors (Lipinski definition) is 3. The van der Waals surface area contributed by atoms with Gasteiger partial charge in [-0.1, -0.05) is 18.2 Å². The van der Waals surface area contributed by atoms with E-state index in [1.807, 2.05) is 6.92 Å². The lowest BCUT2D eigenvalue weighted by atomic mass is 9.96. The molecule has 1 aliphatic rings. The predicted octanol–water partition coefficient (Wildman–Crippen LogP) is 3.08. The van der Waals surface area contributed by atoms with Gasteiger partial charge in [0.15, 0.2) is 0 Å². The number of aryl methyl sites for hydroxylation is 2. The fourth-order valence-electron chi connectivity index (χ4n) is 2.75. The summed E-state index contributed by atoms with van der Waals surface area (Å²) in [6, 6.07) is 6.67. The largest absolute Gasteiger partial charge is 0.466 e. The number of nitrogens with zero attached hydrogens (tertiary/aromatic N) is 1. The van der Waals surface area contributed by atoms with E-state index in [0.717, 1.165) is 32.5 Å². The molecule has 0 N–H and O–H groups in total. The summed E-state index contributed by atoms with van der Waals surface area (Å²) in [6.45, 7) is 9.60. The summed E-state index contributed by atoms with van der Waals surface area (Å²) in [5, 5.41) is 0. The summed E-state index contributed by atoms with van der Waals surface area (Å²) in [5.74, 6) is 0.0873. The van der Waals surface area contributed by atoms with Gasteiger partial charge in [0, 0.05) is 6.54 Å². The average Bonchev–Trinajstić information content (AvgIpc) is 2.44. The van der Waals surface area contributed by atoms with Crippen molar-refractivity contribution < 1.29 is 9.53 Å². The highest BCUT2D eigenvalue weighted by atomic mass is 16.5. The monoisotopic (exact) mass is 275 g/mol. The number of benzene rings is 1. The molecule has 0 spiro atoms. The maximum absolute atomic E-state index is 11.7. The van der Waals surface area contributed by atoms with E-state index in [1.165, 1.54) is 16.7 Å². The summed E-state index contributed by atoms with van der Waals surface area (Å²) in [7, 11) is 0. The van der Waals surface area contributed by atoms with Crippen molar-refractivity contribution in [2.24, 2.45) is 5.92 Å². The van der Waals surface area contributed by atoms with Gasteiger partial charge in [-0.2, -0.15) is 0 Å². The first-order valence-corrected chi connectivity index (χ1v) is 7.55. The van der Waals surface area contributed by atoms with Crippen LogP contribution in [0.1, 0.15) is 36.5 Å². The van der Waals surface area contributed by atoms with Crippen LogP contribution in [0.2, 0.25) is 0 Å². The van der Waals surface area contributed by atoms with Crippen molar-refractivity contribution in [1.82, 2.24) is 4.90 Å². The molecule has 1 aromatic carbocycles. The first-order valence-electron chi connectivity index (χ1n) is 7.55. The summed E-state index contributed by atoms with van der Waals surface area (Å²) in [6.07, 6.45) is 1.84. The van der Waals surface area contributed by atoms with Crippen LogP contribution in [0.4, 0.5) is 0 Å². The highest BCUT2D eigenvalue weighted by Crippen LogP contribution is 2.21. The molecular weight excluding hydrogens is 250 g/mol. The molecule has 0 saturated carbocycles. The zero-order valence-corrected chi connectivity index (χ0v) is 12.8. The molecule has 0 atom stereocenters. The standard InChI is InChI=1S/C17H25NO2/c1-4-20-17(19)16-7-9-18(10-8-16)12-15-6-5-13(2)14(3)11-15/h5-6,11,16H,4,7-10,12H2,1-3H3. The van der Waals surface area contributed by atoms with Crippen LogP contribution in [0, 0.1) is 19.8 Å². The molecule has 0 aromatic heterocycles.